The summed E-state index contributed by atoms with van der Waals surface area (Å²) in [6, 6.07) is 6.58. The van der Waals surface area contributed by atoms with Crippen molar-refractivity contribution in [3.05, 3.63) is 35.7 Å². The Kier molecular flexibility index (Phi) is 4.16. The molecule has 6 nitrogen and oxygen atoms in total. The fourth-order valence-corrected chi connectivity index (χ4v) is 2.76. The van der Waals surface area contributed by atoms with E-state index in [-0.39, 0.29) is 11.9 Å². The topological polar surface area (TPSA) is 68.5 Å². The van der Waals surface area contributed by atoms with Gasteiger partial charge in [-0.1, -0.05) is 29.4 Å². The number of halogens is 3. The van der Waals surface area contributed by atoms with E-state index in [0.717, 1.165) is 18.4 Å². The third-order valence-electron chi connectivity index (χ3n) is 3.88. The molecular formula is C15H14F3N3O3. The molecule has 1 amide bonds. The van der Waals surface area contributed by atoms with Crippen LogP contribution in [0.5, 0.6) is 0 Å². The SMILES string of the molecule is COC(=O)N1CCCC1c1ccc(-c2noc(C(F)(F)F)n2)cc1. The summed E-state index contributed by atoms with van der Waals surface area (Å²) < 4.78 is 46.5. The molecule has 1 unspecified atom stereocenters. The van der Waals surface area contributed by atoms with Crippen molar-refractivity contribution < 1.29 is 27.2 Å². The Balaban J connectivity index is 1.81. The molecule has 0 radical (unpaired) electrons. The summed E-state index contributed by atoms with van der Waals surface area (Å²) in [6.45, 7) is 0.610. The average Bonchev–Trinajstić information content (AvgIpc) is 3.23. The van der Waals surface area contributed by atoms with Gasteiger partial charge >= 0.3 is 18.2 Å². The lowest BCUT2D eigenvalue weighted by Gasteiger charge is -2.23. The Labute approximate surface area is 135 Å². The van der Waals surface area contributed by atoms with Crippen molar-refractivity contribution in [1.29, 1.82) is 0 Å². The number of likely N-dealkylation sites (tertiary alicyclic amines) is 1. The Hall–Kier alpha value is -2.58. The van der Waals surface area contributed by atoms with Gasteiger partial charge in [0.15, 0.2) is 0 Å². The summed E-state index contributed by atoms with van der Waals surface area (Å²) in [5.74, 6) is -1.51. The van der Waals surface area contributed by atoms with Gasteiger partial charge in [0.2, 0.25) is 5.82 Å². The molecule has 1 fully saturated rings. The highest BCUT2D eigenvalue weighted by molar-refractivity contribution is 5.68. The zero-order chi connectivity index (χ0) is 17.3. The largest absolute Gasteiger partial charge is 0.471 e. The van der Waals surface area contributed by atoms with Gasteiger partial charge in [0.1, 0.15) is 0 Å². The smallest absolute Gasteiger partial charge is 0.453 e. The second kappa shape index (κ2) is 6.14. The van der Waals surface area contributed by atoms with Gasteiger partial charge in [-0.3, -0.25) is 0 Å². The van der Waals surface area contributed by atoms with Crippen LogP contribution >= 0.6 is 0 Å². The van der Waals surface area contributed by atoms with Gasteiger partial charge in [-0.2, -0.15) is 18.2 Å². The van der Waals surface area contributed by atoms with Gasteiger partial charge in [0.05, 0.1) is 13.2 Å². The summed E-state index contributed by atoms with van der Waals surface area (Å²) in [4.78, 5) is 16.7. The number of aromatic nitrogens is 2. The maximum atomic E-state index is 12.5. The molecule has 3 rings (SSSR count). The molecule has 1 aromatic carbocycles. The van der Waals surface area contributed by atoms with Crippen LogP contribution in [-0.4, -0.2) is 34.8 Å². The molecule has 9 heteroatoms. The Morgan fingerprint density at radius 1 is 1.33 bits per heavy atom. The molecule has 128 valence electrons. The van der Waals surface area contributed by atoms with E-state index < -0.39 is 18.2 Å². The van der Waals surface area contributed by atoms with E-state index in [4.69, 9.17) is 4.74 Å². The first-order chi connectivity index (χ1) is 11.4. The number of hydrogen-bond acceptors (Lipinski definition) is 5. The summed E-state index contributed by atoms with van der Waals surface area (Å²) >= 11 is 0. The fraction of sp³-hybridized carbons (Fsp3) is 0.400. The summed E-state index contributed by atoms with van der Waals surface area (Å²) in [5.41, 5.74) is 1.28. The van der Waals surface area contributed by atoms with Crippen LogP contribution in [0.1, 0.15) is 30.3 Å². The lowest BCUT2D eigenvalue weighted by molar-refractivity contribution is -0.159. The van der Waals surface area contributed by atoms with Gasteiger partial charge in [-0.15, -0.1) is 0 Å². The highest BCUT2D eigenvalue weighted by atomic mass is 19.4. The number of ether oxygens (including phenoxy) is 1. The van der Waals surface area contributed by atoms with Crippen molar-refractivity contribution in [3.63, 3.8) is 0 Å². The van der Waals surface area contributed by atoms with Gasteiger partial charge in [-0.25, -0.2) is 4.79 Å². The van der Waals surface area contributed by atoms with Crippen LogP contribution in [0, 0.1) is 0 Å². The average molecular weight is 341 g/mol. The van der Waals surface area contributed by atoms with E-state index in [1.54, 1.807) is 29.2 Å². The predicted molar refractivity (Wildman–Crippen MR) is 75.8 cm³/mol. The van der Waals surface area contributed by atoms with Crippen LogP contribution < -0.4 is 0 Å². The third-order valence-corrected chi connectivity index (χ3v) is 3.88. The van der Waals surface area contributed by atoms with E-state index in [0.29, 0.717) is 12.1 Å². The maximum absolute atomic E-state index is 12.5. The molecule has 0 bridgehead atoms. The molecule has 1 saturated heterocycles. The van der Waals surface area contributed by atoms with Crippen LogP contribution in [-0.2, 0) is 10.9 Å². The third kappa shape index (κ3) is 3.06. The molecule has 2 heterocycles. The molecule has 24 heavy (non-hydrogen) atoms. The van der Waals surface area contributed by atoms with Crippen LogP contribution in [0.15, 0.2) is 28.8 Å². The standard InChI is InChI=1S/C15H14F3N3O3/c1-23-14(22)21-8-2-3-11(21)9-4-6-10(7-5-9)12-19-13(24-20-12)15(16,17)18/h4-7,11H,2-3,8H2,1H3. The Morgan fingerprint density at radius 3 is 2.62 bits per heavy atom. The lowest BCUT2D eigenvalue weighted by Crippen LogP contribution is -2.30. The van der Waals surface area contributed by atoms with Crippen LogP contribution in [0.4, 0.5) is 18.0 Å². The number of nitrogens with zero attached hydrogens (tertiary/aromatic N) is 3. The van der Waals surface area contributed by atoms with E-state index >= 15 is 0 Å². The molecule has 1 aliphatic heterocycles. The highest BCUT2D eigenvalue weighted by Gasteiger charge is 2.38. The first-order valence-electron chi connectivity index (χ1n) is 7.26. The molecule has 0 spiro atoms. The molecule has 1 aliphatic rings. The van der Waals surface area contributed by atoms with E-state index in [9.17, 15) is 18.0 Å². The zero-order valence-corrected chi connectivity index (χ0v) is 12.7. The Bertz CT molecular complexity index is 728. The van der Waals surface area contributed by atoms with E-state index in [2.05, 4.69) is 14.7 Å². The molecule has 0 saturated carbocycles. The Morgan fingerprint density at radius 2 is 2.04 bits per heavy atom. The van der Waals surface area contributed by atoms with Gasteiger partial charge in [0, 0.05) is 12.1 Å². The number of amides is 1. The van der Waals surface area contributed by atoms with E-state index in [1.165, 1.54) is 7.11 Å². The number of alkyl halides is 3. The van der Waals surface area contributed by atoms with Crippen molar-refractivity contribution in [1.82, 2.24) is 15.0 Å². The number of carbonyl (C=O) groups is 1. The van der Waals surface area contributed by atoms with Crippen molar-refractivity contribution in [2.75, 3.05) is 13.7 Å². The number of carbonyl (C=O) groups excluding carboxylic acids is 1. The van der Waals surface area contributed by atoms with Crippen molar-refractivity contribution >= 4 is 6.09 Å². The fourth-order valence-electron chi connectivity index (χ4n) is 2.76. The first kappa shape index (κ1) is 16.3. The first-order valence-corrected chi connectivity index (χ1v) is 7.26. The highest BCUT2D eigenvalue weighted by Crippen LogP contribution is 2.34. The van der Waals surface area contributed by atoms with Crippen molar-refractivity contribution in [2.24, 2.45) is 0 Å². The monoisotopic (exact) mass is 341 g/mol. The number of benzene rings is 1. The lowest BCUT2D eigenvalue weighted by atomic mass is 10.0. The number of hydrogen-bond donors (Lipinski definition) is 0. The normalized spacial score (nSPS) is 18.0. The van der Waals surface area contributed by atoms with Gasteiger partial charge < -0.3 is 14.2 Å². The van der Waals surface area contributed by atoms with Gasteiger partial charge in [-0.05, 0) is 18.4 Å². The molecule has 0 N–H and O–H groups in total. The minimum atomic E-state index is -4.67. The minimum absolute atomic E-state index is 0.109. The van der Waals surface area contributed by atoms with Gasteiger partial charge in [0.25, 0.3) is 0 Å². The maximum Gasteiger partial charge on any atom is 0.471 e. The summed E-state index contributed by atoms with van der Waals surface area (Å²) in [5, 5.41) is 3.35. The minimum Gasteiger partial charge on any atom is -0.453 e. The van der Waals surface area contributed by atoms with Crippen molar-refractivity contribution in [2.45, 2.75) is 25.1 Å². The van der Waals surface area contributed by atoms with E-state index in [1.807, 2.05) is 0 Å². The summed E-state index contributed by atoms with van der Waals surface area (Å²) in [7, 11) is 1.33. The van der Waals surface area contributed by atoms with Crippen LogP contribution in [0.25, 0.3) is 11.4 Å². The second-order valence-electron chi connectivity index (χ2n) is 5.36. The van der Waals surface area contributed by atoms with Crippen LogP contribution in [0.3, 0.4) is 0 Å². The molecule has 2 aromatic rings. The zero-order valence-electron chi connectivity index (χ0n) is 12.7. The quantitative estimate of drug-likeness (QED) is 0.834. The molecule has 1 atom stereocenters. The van der Waals surface area contributed by atoms with Crippen LogP contribution in [0.2, 0.25) is 0 Å². The van der Waals surface area contributed by atoms with Crippen molar-refractivity contribution in [3.8, 4) is 11.4 Å². The molecule has 0 aliphatic carbocycles. The molecule has 1 aromatic heterocycles. The predicted octanol–water partition coefficient (Wildman–Crippen LogP) is 3.66. The number of methoxy groups -OCH3 is 1. The second-order valence-corrected chi connectivity index (χ2v) is 5.36. The molecular weight excluding hydrogens is 327 g/mol. The number of rotatable bonds is 2. The summed E-state index contributed by atoms with van der Waals surface area (Å²) in [6.07, 6.45) is -3.40.